The Bertz CT molecular complexity index is 1190. The van der Waals surface area contributed by atoms with Crippen LogP contribution in [0.4, 0.5) is 11.5 Å². The fourth-order valence-corrected chi connectivity index (χ4v) is 4.77. The van der Waals surface area contributed by atoms with Crippen molar-refractivity contribution in [1.29, 1.82) is 0 Å². The molecule has 9 heteroatoms. The second kappa shape index (κ2) is 7.64. The van der Waals surface area contributed by atoms with Gasteiger partial charge in [-0.05, 0) is 41.8 Å². The summed E-state index contributed by atoms with van der Waals surface area (Å²) in [6.45, 7) is 0.912. The van der Waals surface area contributed by atoms with E-state index in [0.717, 1.165) is 15.6 Å². The van der Waals surface area contributed by atoms with Gasteiger partial charge < -0.3 is 5.32 Å². The van der Waals surface area contributed by atoms with Crippen LogP contribution in [0, 0.1) is 0 Å². The molecular weight excluding hydrogens is 456 g/mol. The smallest absolute Gasteiger partial charge is 0.256 e. The first-order valence-electron chi connectivity index (χ1n) is 9.00. The van der Waals surface area contributed by atoms with Gasteiger partial charge >= 0.3 is 0 Å². The SMILES string of the molecule is CS(=O)(=O)N1CCc2cc(C(=O)Nc3ccnn3Cc3ccccc3Br)ccc21. The summed E-state index contributed by atoms with van der Waals surface area (Å²) < 4.78 is 27.8. The van der Waals surface area contributed by atoms with Gasteiger partial charge in [-0.1, -0.05) is 34.1 Å². The summed E-state index contributed by atoms with van der Waals surface area (Å²) in [5, 5.41) is 7.20. The molecule has 1 aromatic heterocycles. The first-order chi connectivity index (χ1) is 13.8. The van der Waals surface area contributed by atoms with E-state index < -0.39 is 10.0 Å². The van der Waals surface area contributed by atoms with Gasteiger partial charge in [0.2, 0.25) is 10.0 Å². The number of hydrogen-bond acceptors (Lipinski definition) is 4. The zero-order chi connectivity index (χ0) is 20.6. The van der Waals surface area contributed by atoms with Gasteiger partial charge in [0.1, 0.15) is 5.82 Å². The number of rotatable bonds is 5. The monoisotopic (exact) mass is 474 g/mol. The van der Waals surface area contributed by atoms with Gasteiger partial charge in [0.15, 0.2) is 0 Å². The third-order valence-corrected chi connectivity index (χ3v) is 6.78. The molecule has 1 amide bonds. The van der Waals surface area contributed by atoms with E-state index in [9.17, 15) is 13.2 Å². The van der Waals surface area contributed by atoms with Crippen LogP contribution in [0.1, 0.15) is 21.5 Å². The quantitative estimate of drug-likeness (QED) is 0.614. The van der Waals surface area contributed by atoms with Crippen molar-refractivity contribution in [2.24, 2.45) is 0 Å². The lowest BCUT2D eigenvalue weighted by Gasteiger charge is -2.16. The molecule has 29 heavy (non-hydrogen) atoms. The average molecular weight is 475 g/mol. The van der Waals surface area contributed by atoms with Crippen molar-refractivity contribution in [3.05, 3.63) is 75.9 Å². The number of carbonyl (C=O) groups excluding carboxylic acids is 1. The van der Waals surface area contributed by atoms with Gasteiger partial charge in [0.25, 0.3) is 5.91 Å². The van der Waals surface area contributed by atoms with Crippen molar-refractivity contribution in [2.75, 3.05) is 22.4 Å². The summed E-state index contributed by atoms with van der Waals surface area (Å²) >= 11 is 3.53. The summed E-state index contributed by atoms with van der Waals surface area (Å²) in [6.07, 6.45) is 3.41. The first-order valence-corrected chi connectivity index (χ1v) is 11.6. The van der Waals surface area contributed by atoms with Crippen molar-refractivity contribution >= 4 is 43.4 Å². The van der Waals surface area contributed by atoms with Crippen LogP contribution in [0.25, 0.3) is 0 Å². The number of nitrogens with zero attached hydrogens (tertiary/aromatic N) is 3. The topological polar surface area (TPSA) is 84.3 Å². The Kier molecular flexibility index (Phi) is 5.18. The zero-order valence-corrected chi connectivity index (χ0v) is 18.1. The van der Waals surface area contributed by atoms with E-state index in [1.165, 1.54) is 10.6 Å². The lowest BCUT2D eigenvalue weighted by molar-refractivity contribution is 0.102. The lowest BCUT2D eigenvalue weighted by Crippen LogP contribution is -2.27. The maximum Gasteiger partial charge on any atom is 0.256 e. The van der Waals surface area contributed by atoms with Crippen LogP contribution in [0.15, 0.2) is 59.2 Å². The molecule has 0 bridgehead atoms. The lowest BCUT2D eigenvalue weighted by atomic mass is 10.1. The number of fused-ring (bicyclic) bond motifs is 1. The maximum atomic E-state index is 12.8. The largest absolute Gasteiger partial charge is 0.307 e. The van der Waals surface area contributed by atoms with E-state index in [2.05, 4.69) is 26.3 Å². The summed E-state index contributed by atoms with van der Waals surface area (Å²) in [5.41, 5.74) is 3.02. The van der Waals surface area contributed by atoms with Gasteiger partial charge in [-0.15, -0.1) is 0 Å². The van der Waals surface area contributed by atoms with Gasteiger partial charge in [-0.25, -0.2) is 13.1 Å². The summed E-state index contributed by atoms with van der Waals surface area (Å²) in [7, 11) is -3.31. The van der Waals surface area contributed by atoms with Crippen LogP contribution in [0.5, 0.6) is 0 Å². The molecule has 0 radical (unpaired) electrons. The Morgan fingerprint density at radius 2 is 2.00 bits per heavy atom. The molecule has 0 fully saturated rings. The van der Waals surface area contributed by atoms with Crippen LogP contribution >= 0.6 is 15.9 Å². The number of benzene rings is 2. The first kappa shape index (κ1) is 19.7. The number of aromatic nitrogens is 2. The Balaban J connectivity index is 1.53. The highest BCUT2D eigenvalue weighted by atomic mass is 79.9. The zero-order valence-electron chi connectivity index (χ0n) is 15.7. The number of hydrogen-bond donors (Lipinski definition) is 1. The van der Waals surface area contributed by atoms with Crippen molar-refractivity contribution in [3.8, 4) is 0 Å². The van der Waals surface area contributed by atoms with Crippen molar-refractivity contribution in [2.45, 2.75) is 13.0 Å². The summed E-state index contributed by atoms with van der Waals surface area (Å²) in [5.74, 6) is 0.323. The Hall–Kier alpha value is -2.65. The molecule has 2 heterocycles. The van der Waals surface area contributed by atoms with E-state index in [1.807, 2.05) is 24.3 Å². The molecule has 1 aliphatic heterocycles. The second-order valence-electron chi connectivity index (χ2n) is 6.85. The molecule has 0 saturated carbocycles. The van der Waals surface area contributed by atoms with Gasteiger partial charge in [0, 0.05) is 22.6 Å². The molecule has 4 rings (SSSR count). The van der Waals surface area contributed by atoms with E-state index in [1.54, 1.807) is 35.1 Å². The predicted octanol–water partition coefficient (Wildman–Crippen LogP) is 3.27. The summed E-state index contributed by atoms with van der Waals surface area (Å²) in [4.78, 5) is 12.8. The minimum atomic E-state index is -3.31. The molecule has 0 spiro atoms. The van der Waals surface area contributed by atoms with Gasteiger partial charge in [-0.3, -0.25) is 9.10 Å². The van der Waals surface area contributed by atoms with Crippen LogP contribution < -0.4 is 9.62 Å². The Labute approximate surface area is 177 Å². The molecule has 0 aliphatic carbocycles. The van der Waals surface area contributed by atoms with Crippen LogP contribution in [-0.2, 0) is 23.0 Å². The molecule has 150 valence electrons. The van der Waals surface area contributed by atoms with Crippen molar-refractivity contribution in [3.63, 3.8) is 0 Å². The molecule has 2 aromatic carbocycles. The minimum absolute atomic E-state index is 0.264. The normalized spacial score (nSPS) is 13.4. The highest BCUT2D eigenvalue weighted by molar-refractivity contribution is 9.10. The number of anilines is 2. The number of nitrogens with one attached hydrogen (secondary N) is 1. The third kappa shape index (κ3) is 4.06. The van der Waals surface area contributed by atoms with Crippen LogP contribution in [0.2, 0.25) is 0 Å². The van der Waals surface area contributed by atoms with E-state index >= 15 is 0 Å². The minimum Gasteiger partial charge on any atom is -0.307 e. The molecule has 0 atom stereocenters. The van der Waals surface area contributed by atoms with Crippen molar-refractivity contribution in [1.82, 2.24) is 9.78 Å². The van der Waals surface area contributed by atoms with Gasteiger partial charge in [0.05, 0.1) is 24.7 Å². The Morgan fingerprint density at radius 1 is 1.21 bits per heavy atom. The average Bonchev–Trinajstić information content (AvgIpc) is 3.29. The van der Waals surface area contributed by atoms with Crippen LogP contribution in [-0.4, -0.2) is 36.9 Å². The number of amides is 1. The highest BCUT2D eigenvalue weighted by Gasteiger charge is 2.26. The number of carbonyl (C=O) groups is 1. The fourth-order valence-electron chi connectivity index (χ4n) is 3.40. The number of halogens is 1. The molecule has 1 N–H and O–H groups in total. The summed E-state index contributed by atoms with van der Waals surface area (Å²) in [6, 6.07) is 14.7. The molecular formula is C20H19BrN4O3S. The Morgan fingerprint density at radius 3 is 2.76 bits per heavy atom. The molecule has 7 nitrogen and oxygen atoms in total. The van der Waals surface area contributed by atoms with Crippen LogP contribution in [0.3, 0.4) is 0 Å². The molecule has 3 aromatic rings. The molecule has 0 saturated heterocycles. The van der Waals surface area contributed by atoms with E-state index in [4.69, 9.17) is 0 Å². The van der Waals surface area contributed by atoms with Crippen molar-refractivity contribution < 1.29 is 13.2 Å². The van der Waals surface area contributed by atoms with Gasteiger partial charge in [-0.2, -0.15) is 5.10 Å². The molecule has 0 unspecified atom stereocenters. The van der Waals surface area contributed by atoms with E-state index in [0.29, 0.717) is 36.6 Å². The second-order valence-corrected chi connectivity index (χ2v) is 9.61. The predicted molar refractivity (Wildman–Crippen MR) is 116 cm³/mol. The highest BCUT2D eigenvalue weighted by Crippen LogP contribution is 2.31. The standard InChI is InChI=1S/C20H19BrN4O3S/c1-29(27,28)25-11-9-14-12-15(6-7-18(14)25)20(26)23-19-8-10-22-24(19)13-16-4-2-3-5-17(16)21/h2-8,10,12H,9,11,13H2,1H3,(H,23,26). The molecule has 1 aliphatic rings. The maximum absolute atomic E-state index is 12.8. The third-order valence-electron chi connectivity index (χ3n) is 4.83. The number of sulfonamides is 1. The fraction of sp³-hybridized carbons (Fsp3) is 0.200. The van der Waals surface area contributed by atoms with E-state index in [-0.39, 0.29) is 5.91 Å².